The van der Waals surface area contributed by atoms with Crippen molar-refractivity contribution < 1.29 is 18.4 Å². The molecule has 3 aromatic heterocycles. The Bertz CT molecular complexity index is 1340. The topological polar surface area (TPSA) is 106 Å². The van der Waals surface area contributed by atoms with Crippen LogP contribution in [-0.4, -0.2) is 43.0 Å². The van der Waals surface area contributed by atoms with Crippen LogP contribution in [0.4, 0.5) is 4.39 Å². The number of aryl methyl sites for hydroxylation is 1. The summed E-state index contributed by atoms with van der Waals surface area (Å²) in [5.74, 6) is 0.317. The zero-order valence-corrected chi connectivity index (χ0v) is 21.2. The number of furan rings is 1. The molecule has 0 saturated heterocycles. The molecule has 3 heterocycles. The summed E-state index contributed by atoms with van der Waals surface area (Å²) in [6.07, 6.45) is 3.98. The summed E-state index contributed by atoms with van der Waals surface area (Å²) in [6.45, 7) is 1.79. The fourth-order valence-corrected chi connectivity index (χ4v) is 5.21. The summed E-state index contributed by atoms with van der Waals surface area (Å²) in [5, 5.41) is 17.4. The first-order valence-corrected chi connectivity index (χ1v) is 13.1. The second-order valence-electron chi connectivity index (χ2n) is 9.09. The average molecular weight is 523 g/mol. The lowest BCUT2D eigenvalue weighted by molar-refractivity contribution is -0.143. The number of hydrogen-bond acceptors (Lipinski definition) is 7. The van der Waals surface area contributed by atoms with Crippen LogP contribution in [0, 0.1) is 12.7 Å². The van der Waals surface area contributed by atoms with Gasteiger partial charge in [0, 0.05) is 16.5 Å². The number of aromatic nitrogens is 4. The van der Waals surface area contributed by atoms with Crippen molar-refractivity contribution in [3.8, 4) is 11.4 Å². The first kappa shape index (κ1) is 24.8. The molecule has 0 aliphatic heterocycles. The van der Waals surface area contributed by atoms with Crippen LogP contribution < -0.4 is 5.32 Å². The molecule has 9 nitrogen and oxygen atoms in total. The van der Waals surface area contributed by atoms with Crippen molar-refractivity contribution in [2.24, 2.45) is 0 Å². The molecule has 1 saturated carbocycles. The molecule has 1 N–H and O–H groups in total. The molecule has 2 amide bonds. The van der Waals surface area contributed by atoms with E-state index in [4.69, 9.17) is 4.42 Å². The highest BCUT2D eigenvalue weighted by molar-refractivity contribution is 7.09. The fraction of sp³-hybridized carbons (Fsp3) is 0.346. The van der Waals surface area contributed by atoms with Crippen molar-refractivity contribution in [1.82, 2.24) is 30.4 Å². The van der Waals surface area contributed by atoms with Crippen molar-refractivity contribution >= 4 is 23.2 Å². The number of benzene rings is 1. The lowest BCUT2D eigenvalue weighted by Crippen LogP contribution is -2.46. The zero-order valence-electron chi connectivity index (χ0n) is 20.3. The van der Waals surface area contributed by atoms with E-state index >= 15 is 0 Å². The molecule has 192 valence electrons. The highest BCUT2D eigenvalue weighted by Gasteiger charge is 2.36. The molecule has 0 unspecified atom stereocenters. The third-order valence-electron chi connectivity index (χ3n) is 6.35. The molecule has 1 aliphatic rings. The maximum Gasteiger partial charge on any atom is 0.250 e. The molecule has 5 rings (SSSR count). The number of thiophene rings is 1. The number of amides is 2. The molecule has 0 spiro atoms. The minimum atomic E-state index is -0.955. The van der Waals surface area contributed by atoms with Crippen LogP contribution in [-0.2, 0) is 22.7 Å². The van der Waals surface area contributed by atoms with Crippen LogP contribution in [0.3, 0.4) is 0 Å². The van der Waals surface area contributed by atoms with E-state index in [1.807, 2.05) is 17.5 Å². The van der Waals surface area contributed by atoms with Gasteiger partial charge in [0.2, 0.25) is 11.7 Å². The Morgan fingerprint density at radius 2 is 1.97 bits per heavy atom. The maximum absolute atomic E-state index is 13.7. The standard InChI is InChI=1S/C26H27FN6O3S/c1-17-8-13-22(36-17)24(26(35)28-20-5-2-3-6-20)32(15-21-7-4-14-37-21)23(34)16-33-30-25(29-31-33)18-9-11-19(27)12-10-18/h4,7-14,20,24H,2-3,5-6,15-16H2,1H3,(H,28,35)/t24-/m0/s1. The van der Waals surface area contributed by atoms with Crippen molar-refractivity contribution in [3.63, 3.8) is 0 Å². The Morgan fingerprint density at radius 1 is 1.19 bits per heavy atom. The lowest BCUT2D eigenvalue weighted by Gasteiger charge is -2.30. The van der Waals surface area contributed by atoms with Gasteiger partial charge < -0.3 is 14.6 Å². The maximum atomic E-state index is 13.7. The van der Waals surface area contributed by atoms with Crippen molar-refractivity contribution in [1.29, 1.82) is 0 Å². The van der Waals surface area contributed by atoms with Crippen LogP contribution >= 0.6 is 11.3 Å². The number of tetrazole rings is 1. The van der Waals surface area contributed by atoms with E-state index in [2.05, 4.69) is 20.7 Å². The van der Waals surface area contributed by atoms with E-state index in [-0.39, 0.29) is 42.6 Å². The summed E-state index contributed by atoms with van der Waals surface area (Å²) in [5.41, 5.74) is 0.579. The summed E-state index contributed by atoms with van der Waals surface area (Å²) in [4.78, 5) is 30.9. The Hall–Kier alpha value is -3.86. The third-order valence-corrected chi connectivity index (χ3v) is 7.21. The van der Waals surface area contributed by atoms with Crippen LogP contribution in [0.2, 0.25) is 0 Å². The molecule has 1 aliphatic carbocycles. The third kappa shape index (κ3) is 5.93. The van der Waals surface area contributed by atoms with Crippen LogP contribution in [0.15, 0.2) is 58.3 Å². The number of rotatable bonds is 9. The predicted octanol–water partition coefficient (Wildman–Crippen LogP) is 4.27. The lowest BCUT2D eigenvalue weighted by atomic mass is 10.1. The first-order chi connectivity index (χ1) is 18.0. The van der Waals surface area contributed by atoms with Gasteiger partial charge in [0.25, 0.3) is 5.91 Å². The van der Waals surface area contributed by atoms with Crippen LogP contribution in [0.25, 0.3) is 11.4 Å². The smallest absolute Gasteiger partial charge is 0.250 e. The predicted molar refractivity (Wildman–Crippen MR) is 135 cm³/mol. The van der Waals surface area contributed by atoms with E-state index in [9.17, 15) is 14.0 Å². The number of hydrogen-bond donors (Lipinski definition) is 1. The van der Waals surface area contributed by atoms with E-state index in [0.29, 0.717) is 17.1 Å². The van der Waals surface area contributed by atoms with Gasteiger partial charge in [0.15, 0.2) is 6.04 Å². The summed E-state index contributed by atoms with van der Waals surface area (Å²) in [6, 6.07) is 12.2. The number of carbonyl (C=O) groups is 2. The molecule has 11 heteroatoms. The van der Waals surface area contributed by atoms with Gasteiger partial charge in [-0.3, -0.25) is 9.59 Å². The normalized spacial score (nSPS) is 14.5. The quantitative estimate of drug-likeness (QED) is 0.352. The SMILES string of the molecule is Cc1ccc([C@@H](C(=O)NC2CCCC2)N(Cc2cccs2)C(=O)Cn2nnc(-c3ccc(F)cc3)n2)o1. The number of carbonyl (C=O) groups excluding carboxylic acids is 2. The Morgan fingerprint density at radius 3 is 2.65 bits per heavy atom. The van der Waals surface area contributed by atoms with Gasteiger partial charge >= 0.3 is 0 Å². The minimum Gasteiger partial charge on any atom is -0.464 e. The highest BCUT2D eigenvalue weighted by Crippen LogP contribution is 2.28. The van der Waals surface area contributed by atoms with E-state index < -0.39 is 6.04 Å². The number of nitrogens with zero attached hydrogens (tertiary/aromatic N) is 5. The van der Waals surface area contributed by atoms with Gasteiger partial charge in [0.05, 0.1) is 6.54 Å². The van der Waals surface area contributed by atoms with E-state index in [1.165, 1.54) is 33.2 Å². The largest absolute Gasteiger partial charge is 0.464 e. The number of nitrogens with one attached hydrogen (secondary N) is 1. The molecular formula is C26H27FN6O3S. The zero-order chi connectivity index (χ0) is 25.8. The van der Waals surface area contributed by atoms with E-state index in [1.54, 1.807) is 31.2 Å². The van der Waals surface area contributed by atoms with Crippen molar-refractivity contribution in [2.75, 3.05) is 0 Å². The molecule has 1 aromatic carbocycles. The second kappa shape index (κ2) is 11.0. The van der Waals surface area contributed by atoms with Crippen LogP contribution in [0.1, 0.15) is 48.1 Å². The monoisotopic (exact) mass is 522 g/mol. The van der Waals surface area contributed by atoms with Gasteiger partial charge in [-0.05, 0) is 72.8 Å². The average Bonchev–Trinajstić information content (AvgIpc) is 3.69. The molecule has 1 atom stereocenters. The van der Waals surface area contributed by atoms with Gasteiger partial charge in [-0.1, -0.05) is 18.9 Å². The van der Waals surface area contributed by atoms with E-state index in [0.717, 1.165) is 30.6 Å². The van der Waals surface area contributed by atoms with Gasteiger partial charge in [-0.25, -0.2) is 4.39 Å². The summed E-state index contributed by atoms with van der Waals surface area (Å²) < 4.78 is 19.2. The van der Waals surface area contributed by atoms with Crippen molar-refractivity contribution in [2.45, 2.75) is 57.8 Å². The molecule has 0 radical (unpaired) electrons. The Kier molecular flexibility index (Phi) is 7.40. The molecule has 37 heavy (non-hydrogen) atoms. The fourth-order valence-electron chi connectivity index (χ4n) is 4.51. The number of halogens is 1. The van der Waals surface area contributed by atoms with Crippen molar-refractivity contribution in [3.05, 3.63) is 76.1 Å². The molecular weight excluding hydrogens is 495 g/mol. The first-order valence-electron chi connectivity index (χ1n) is 12.2. The van der Waals surface area contributed by atoms with Crippen LogP contribution in [0.5, 0.6) is 0 Å². The Balaban J connectivity index is 1.42. The molecule has 1 fully saturated rings. The molecule has 4 aromatic rings. The highest BCUT2D eigenvalue weighted by atomic mass is 32.1. The molecule has 0 bridgehead atoms. The summed E-state index contributed by atoms with van der Waals surface area (Å²) >= 11 is 1.50. The van der Waals surface area contributed by atoms with Gasteiger partial charge in [-0.2, -0.15) is 4.80 Å². The van der Waals surface area contributed by atoms with Gasteiger partial charge in [-0.15, -0.1) is 21.5 Å². The van der Waals surface area contributed by atoms with Gasteiger partial charge in [0.1, 0.15) is 23.9 Å². The Labute approximate surface area is 217 Å². The summed E-state index contributed by atoms with van der Waals surface area (Å²) in [7, 11) is 0. The minimum absolute atomic E-state index is 0.0833. The second-order valence-corrected chi connectivity index (χ2v) is 10.1.